The first-order valence-electron chi connectivity index (χ1n) is 6.08. The van der Waals surface area contributed by atoms with Crippen LogP contribution in [0.3, 0.4) is 0 Å². The fourth-order valence-electron chi connectivity index (χ4n) is 1.83. The minimum absolute atomic E-state index is 0.0171. The maximum atomic E-state index is 12.4. The third kappa shape index (κ3) is 4.65. The molecular weight excluding hydrogens is 256 g/mol. The molecule has 1 aromatic carbocycles. The summed E-state index contributed by atoms with van der Waals surface area (Å²) in [6.07, 6.45) is 1.92. The van der Waals surface area contributed by atoms with Gasteiger partial charge in [0.2, 0.25) is 0 Å². The Hall–Kier alpha value is -1.40. The summed E-state index contributed by atoms with van der Waals surface area (Å²) < 4.78 is 34.4. The lowest BCUT2D eigenvalue weighted by Crippen LogP contribution is -2.14. The van der Waals surface area contributed by atoms with Gasteiger partial charge in [0.15, 0.2) is 11.5 Å². The second-order valence-electron chi connectivity index (χ2n) is 4.08. The molecule has 0 fully saturated rings. The van der Waals surface area contributed by atoms with E-state index in [1.165, 1.54) is 7.11 Å². The molecular formula is C13H19F2NO3. The fourth-order valence-corrected chi connectivity index (χ4v) is 1.83. The number of nitrogens with two attached hydrogens (primary N) is 1. The molecule has 0 bridgehead atoms. The Kier molecular flexibility index (Phi) is 6.52. The molecule has 19 heavy (non-hydrogen) atoms. The molecule has 0 saturated heterocycles. The van der Waals surface area contributed by atoms with Crippen molar-refractivity contribution in [2.45, 2.75) is 31.9 Å². The van der Waals surface area contributed by atoms with Crippen LogP contribution in [-0.4, -0.2) is 25.4 Å². The van der Waals surface area contributed by atoms with Gasteiger partial charge >= 0.3 is 6.61 Å². The summed E-state index contributed by atoms with van der Waals surface area (Å²) in [5.74, 6) is 0.215. The Morgan fingerprint density at radius 1 is 1.32 bits per heavy atom. The molecule has 108 valence electrons. The molecule has 0 saturated carbocycles. The minimum atomic E-state index is -2.93. The van der Waals surface area contributed by atoms with E-state index in [4.69, 9.17) is 15.6 Å². The van der Waals surface area contributed by atoms with Crippen molar-refractivity contribution in [3.8, 4) is 11.5 Å². The molecule has 0 aliphatic carbocycles. The van der Waals surface area contributed by atoms with E-state index >= 15 is 0 Å². The number of alkyl halides is 2. The number of ether oxygens (including phenoxy) is 2. The molecule has 0 aromatic heterocycles. The topological polar surface area (TPSA) is 64.7 Å². The van der Waals surface area contributed by atoms with E-state index in [0.29, 0.717) is 24.8 Å². The predicted octanol–water partition coefficient (Wildman–Crippen LogP) is 2.46. The third-order valence-corrected chi connectivity index (χ3v) is 2.76. The zero-order chi connectivity index (χ0) is 14.3. The molecule has 4 nitrogen and oxygen atoms in total. The van der Waals surface area contributed by atoms with Gasteiger partial charge in [-0.3, -0.25) is 0 Å². The van der Waals surface area contributed by atoms with Crippen LogP contribution in [0, 0.1) is 0 Å². The van der Waals surface area contributed by atoms with Crippen LogP contribution in [0.2, 0.25) is 0 Å². The summed E-state index contributed by atoms with van der Waals surface area (Å²) >= 11 is 0. The molecule has 1 atom stereocenters. The largest absolute Gasteiger partial charge is 0.493 e. The SMILES string of the molecule is COc1cccc([C@@H](N)CCCCO)c1OC(F)F. The van der Waals surface area contributed by atoms with Gasteiger partial charge in [-0.25, -0.2) is 0 Å². The van der Waals surface area contributed by atoms with Crippen LogP contribution < -0.4 is 15.2 Å². The first-order chi connectivity index (χ1) is 9.10. The van der Waals surface area contributed by atoms with Gasteiger partial charge in [0, 0.05) is 18.2 Å². The van der Waals surface area contributed by atoms with Gasteiger partial charge in [0.1, 0.15) is 0 Å². The first kappa shape index (κ1) is 15.7. The molecule has 3 N–H and O–H groups in total. The smallest absolute Gasteiger partial charge is 0.387 e. The van der Waals surface area contributed by atoms with Crippen molar-refractivity contribution in [3.05, 3.63) is 23.8 Å². The van der Waals surface area contributed by atoms with E-state index in [9.17, 15) is 8.78 Å². The van der Waals surface area contributed by atoms with Crippen LogP contribution in [0.25, 0.3) is 0 Å². The van der Waals surface area contributed by atoms with Crippen molar-refractivity contribution in [2.24, 2.45) is 5.73 Å². The van der Waals surface area contributed by atoms with Gasteiger partial charge in [-0.15, -0.1) is 0 Å². The maximum Gasteiger partial charge on any atom is 0.387 e. The van der Waals surface area contributed by atoms with Crippen molar-refractivity contribution in [3.63, 3.8) is 0 Å². The van der Waals surface area contributed by atoms with E-state index in [1.54, 1.807) is 18.2 Å². The van der Waals surface area contributed by atoms with Crippen LogP contribution in [-0.2, 0) is 0 Å². The zero-order valence-electron chi connectivity index (χ0n) is 10.8. The maximum absolute atomic E-state index is 12.4. The van der Waals surface area contributed by atoms with Crippen molar-refractivity contribution in [1.29, 1.82) is 0 Å². The number of methoxy groups -OCH3 is 1. The van der Waals surface area contributed by atoms with E-state index in [-0.39, 0.29) is 18.1 Å². The molecule has 0 unspecified atom stereocenters. The van der Waals surface area contributed by atoms with Crippen molar-refractivity contribution < 1.29 is 23.4 Å². The lowest BCUT2D eigenvalue weighted by atomic mass is 10.0. The number of aliphatic hydroxyl groups excluding tert-OH is 1. The summed E-state index contributed by atoms with van der Waals surface area (Å²) in [6.45, 7) is -2.84. The average Bonchev–Trinajstić information content (AvgIpc) is 2.38. The van der Waals surface area contributed by atoms with Crippen LogP contribution in [0.15, 0.2) is 18.2 Å². The predicted molar refractivity (Wildman–Crippen MR) is 67.5 cm³/mol. The van der Waals surface area contributed by atoms with Crippen LogP contribution >= 0.6 is 0 Å². The summed E-state index contributed by atoms with van der Waals surface area (Å²) in [5.41, 5.74) is 6.46. The quantitative estimate of drug-likeness (QED) is 0.715. The number of halogens is 2. The van der Waals surface area contributed by atoms with Gasteiger partial charge in [-0.05, 0) is 25.3 Å². The van der Waals surface area contributed by atoms with E-state index in [2.05, 4.69) is 4.74 Å². The van der Waals surface area contributed by atoms with Gasteiger partial charge in [0.05, 0.1) is 7.11 Å². The van der Waals surface area contributed by atoms with Crippen LogP contribution in [0.4, 0.5) is 8.78 Å². The number of hydrogen-bond donors (Lipinski definition) is 2. The first-order valence-corrected chi connectivity index (χ1v) is 6.08. The Labute approximate surface area is 111 Å². The van der Waals surface area contributed by atoms with Crippen molar-refractivity contribution in [1.82, 2.24) is 0 Å². The second-order valence-corrected chi connectivity index (χ2v) is 4.08. The second kappa shape index (κ2) is 7.91. The lowest BCUT2D eigenvalue weighted by molar-refractivity contribution is -0.0520. The van der Waals surface area contributed by atoms with E-state index in [0.717, 1.165) is 0 Å². The number of rotatable bonds is 8. The molecule has 0 heterocycles. The monoisotopic (exact) mass is 275 g/mol. The minimum Gasteiger partial charge on any atom is -0.493 e. The molecule has 0 amide bonds. The highest BCUT2D eigenvalue weighted by Gasteiger charge is 2.19. The summed E-state index contributed by atoms with van der Waals surface area (Å²) in [5, 5.41) is 8.72. The summed E-state index contributed by atoms with van der Waals surface area (Å²) in [6, 6.07) is 4.43. The van der Waals surface area contributed by atoms with Crippen molar-refractivity contribution in [2.75, 3.05) is 13.7 Å². The van der Waals surface area contributed by atoms with E-state index in [1.807, 2.05) is 0 Å². The highest BCUT2D eigenvalue weighted by molar-refractivity contribution is 5.48. The molecule has 1 rings (SSSR count). The van der Waals surface area contributed by atoms with Gasteiger partial charge < -0.3 is 20.3 Å². The fraction of sp³-hybridized carbons (Fsp3) is 0.538. The standard InChI is InChI=1S/C13H19F2NO3/c1-18-11-7-4-5-9(12(11)19-13(14)15)10(16)6-2-3-8-17/h4-5,7,10,13,17H,2-3,6,8,16H2,1H3/t10-/m0/s1. The highest BCUT2D eigenvalue weighted by atomic mass is 19.3. The molecule has 0 aliphatic rings. The number of hydrogen-bond acceptors (Lipinski definition) is 4. The average molecular weight is 275 g/mol. The zero-order valence-corrected chi connectivity index (χ0v) is 10.8. The third-order valence-electron chi connectivity index (χ3n) is 2.76. The van der Waals surface area contributed by atoms with Gasteiger partial charge in [0.25, 0.3) is 0 Å². The Morgan fingerprint density at radius 2 is 2.05 bits per heavy atom. The molecule has 1 aromatic rings. The number of aliphatic hydroxyl groups is 1. The van der Waals surface area contributed by atoms with E-state index < -0.39 is 12.7 Å². The number of para-hydroxylation sites is 1. The summed E-state index contributed by atoms with van der Waals surface area (Å²) in [7, 11) is 1.38. The normalized spacial score (nSPS) is 12.5. The molecule has 0 spiro atoms. The molecule has 0 radical (unpaired) electrons. The van der Waals surface area contributed by atoms with Crippen LogP contribution in [0.5, 0.6) is 11.5 Å². The highest BCUT2D eigenvalue weighted by Crippen LogP contribution is 2.36. The number of benzene rings is 1. The van der Waals surface area contributed by atoms with Gasteiger partial charge in [-0.1, -0.05) is 12.1 Å². The Balaban J connectivity index is 2.91. The van der Waals surface area contributed by atoms with Gasteiger partial charge in [-0.2, -0.15) is 8.78 Å². The van der Waals surface area contributed by atoms with Crippen LogP contribution in [0.1, 0.15) is 30.9 Å². The lowest BCUT2D eigenvalue weighted by Gasteiger charge is -2.18. The Morgan fingerprint density at radius 3 is 2.63 bits per heavy atom. The summed E-state index contributed by atoms with van der Waals surface area (Å²) in [4.78, 5) is 0. The molecule has 0 aliphatic heterocycles. The number of unbranched alkanes of at least 4 members (excludes halogenated alkanes) is 1. The Bertz CT molecular complexity index is 388. The van der Waals surface area contributed by atoms with Crippen molar-refractivity contribution >= 4 is 0 Å². The molecule has 6 heteroatoms.